The maximum Gasteiger partial charge on any atom is 0.0177 e. The van der Waals surface area contributed by atoms with Crippen molar-refractivity contribution >= 4 is 31.9 Å². The van der Waals surface area contributed by atoms with Gasteiger partial charge in [-0.05, 0) is 48.3 Å². The van der Waals surface area contributed by atoms with E-state index < -0.39 is 0 Å². The van der Waals surface area contributed by atoms with Gasteiger partial charge in [0.25, 0.3) is 0 Å². The molecule has 1 unspecified atom stereocenters. The molecule has 2 heteroatoms. The maximum absolute atomic E-state index is 3.66. The van der Waals surface area contributed by atoms with E-state index in [0.29, 0.717) is 5.41 Å². The standard InChI is InChI=1S/C16H24Br2/c1-16(2,3)9-5-7-14(12-17)10-13-6-4-8-15(18)11-13/h4,6,8,11,14H,5,7,9-10,12H2,1-3H3. The van der Waals surface area contributed by atoms with Gasteiger partial charge < -0.3 is 0 Å². The van der Waals surface area contributed by atoms with Crippen LogP contribution in [0.4, 0.5) is 0 Å². The molecule has 0 bridgehead atoms. The molecule has 0 saturated heterocycles. The molecule has 1 aromatic rings. The highest BCUT2D eigenvalue weighted by atomic mass is 79.9. The predicted molar refractivity (Wildman–Crippen MR) is 88.4 cm³/mol. The van der Waals surface area contributed by atoms with E-state index in [1.54, 1.807) is 0 Å². The first-order chi connectivity index (χ1) is 8.40. The SMILES string of the molecule is CC(C)(C)CCCC(CBr)Cc1cccc(Br)c1. The Balaban J connectivity index is 2.42. The van der Waals surface area contributed by atoms with E-state index >= 15 is 0 Å². The highest BCUT2D eigenvalue weighted by Crippen LogP contribution is 2.25. The average Bonchev–Trinajstić information content (AvgIpc) is 2.26. The third kappa shape index (κ3) is 6.94. The minimum atomic E-state index is 0.465. The van der Waals surface area contributed by atoms with Gasteiger partial charge in [0.1, 0.15) is 0 Å². The van der Waals surface area contributed by atoms with Crippen molar-refractivity contribution in [2.45, 2.75) is 46.5 Å². The Morgan fingerprint density at radius 1 is 1.22 bits per heavy atom. The molecule has 0 heterocycles. The second kappa shape index (κ2) is 7.69. The van der Waals surface area contributed by atoms with Gasteiger partial charge in [0.05, 0.1) is 0 Å². The molecule has 0 amide bonds. The first-order valence-corrected chi connectivity index (χ1v) is 8.62. The first kappa shape index (κ1) is 16.2. The molecular weight excluding hydrogens is 352 g/mol. The molecule has 0 fully saturated rings. The lowest BCUT2D eigenvalue weighted by atomic mass is 9.87. The van der Waals surface area contributed by atoms with Gasteiger partial charge in [-0.1, -0.05) is 71.2 Å². The summed E-state index contributed by atoms with van der Waals surface area (Å²) in [5, 5.41) is 1.10. The third-order valence-corrected chi connectivity index (χ3v) is 4.58. The summed E-state index contributed by atoms with van der Waals surface area (Å²) in [6, 6.07) is 8.68. The third-order valence-electron chi connectivity index (χ3n) is 3.17. The van der Waals surface area contributed by atoms with Crippen molar-refractivity contribution in [3.05, 3.63) is 34.3 Å². The van der Waals surface area contributed by atoms with Crippen molar-refractivity contribution in [3.63, 3.8) is 0 Å². The van der Waals surface area contributed by atoms with Crippen LogP contribution in [0.25, 0.3) is 0 Å². The van der Waals surface area contributed by atoms with Crippen LogP contribution >= 0.6 is 31.9 Å². The van der Waals surface area contributed by atoms with Gasteiger partial charge in [-0.15, -0.1) is 0 Å². The Bertz CT molecular complexity index is 352. The molecule has 0 aliphatic rings. The lowest BCUT2D eigenvalue weighted by Crippen LogP contribution is -2.10. The van der Waals surface area contributed by atoms with Crippen LogP contribution in [0.5, 0.6) is 0 Å². The normalized spacial score (nSPS) is 13.6. The zero-order valence-electron chi connectivity index (χ0n) is 11.7. The second-order valence-corrected chi connectivity index (χ2v) is 7.87. The van der Waals surface area contributed by atoms with Crippen molar-refractivity contribution < 1.29 is 0 Å². The fourth-order valence-corrected chi connectivity index (χ4v) is 3.15. The quantitative estimate of drug-likeness (QED) is 0.517. The summed E-state index contributed by atoms with van der Waals surface area (Å²) in [4.78, 5) is 0. The molecule has 1 atom stereocenters. The molecule has 0 radical (unpaired) electrons. The van der Waals surface area contributed by atoms with E-state index in [-0.39, 0.29) is 0 Å². The second-order valence-electron chi connectivity index (χ2n) is 6.31. The van der Waals surface area contributed by atoms with Gasteiger partial charge in [-0.3, -0.25) is 0 Å². The molecule has 102 valence electrons. The Labute approximate surface area is 129 Å². The van der Waals surface area contributed by atoms with Gasteiger partial charge in [0.15, 0.2) is 0 Å². The van der Waals surface area contributed by atoms with Crippen LogP contribution in [0.15, 0.2) is 28.7 Å². The van der Waals surface area contributed by atoms with Crippen LogP contribution in [0.3, 0.4) is 0 Å². The summed E-state index contributed by atoms with van der Waals surface area (Å²) >= 11 is 7.20. The molecular formula is C16H24Br2. The molecule has 0 N–H and O–H groups in total. The fraction of sp³-hybridized carbons (Fsp3) is 0.625. The zero-order valence-corrected chi connectivity index (χ0v) is 14.9. The summed E-state index contributed by atoms with van der Waals surface area (Å²) in [6.45, 7) is 6.97. The van der Waals surface area contributed by atoms with E-state index in [9.17, 15) is 0 Å². The van der Waals surface area contributed by atoms with Crippen LogP contribution in [0.1, 0.15) is 45.6 Å². The smallest absolute Gasteiger partial charge is 0.0177 e. The van der Waals surface area contributed by atoms with Crippen LogP contribution in [-0.4, -0.2) is 5.33 Å². The number of halogens is 2. The topological polar surface area (TPSA) is 0 Å². The van der Waals surface area contributed by atoms with E-state index in [2.05, 4.69) is 76.9 Å². The van der Waals surface area contributed by atoms with Crippen molar-refractivity contribution in [2.24, 2.45) is 11.3 Å². The van der Waals surface area contributed by atoms with Crippen LogP contribution < -0.4 is 0 Å². The summed E-state index contributed by atoms with van der Waals surface area (Å²) in [6.07, 6.45) is 5.13. The van der Waals surface area contributed by atoms with E-state index in [1.807, 2.05) is 0 Å². The Hall–Kier alpha value is 0.180. The minimum absolute atomic E-state index is 0.465. The van der Waals surface area contributed by atoms with Crippen molar-refractivity contribution in [1.82, 2.24) is 0 Å². The lowest BCUT2D eigenvalue weighted by Gasteiger charge is -2.20. The highest BCUT2D eigenvalue weighted by Gasteiger charge is 2.13. The van der Waals surface area contributed by atoms with Crippen LogP contribution in [-0.2, 0) is 6.42 Å². The van der Waals surface area contributed by atoms with Gasteiger partial charge >= 0.3 is 0 Å². The molecule has 0 aliphatic carbocycles. The number of hydrogen-bond donors (Lipinski definition) is 0. The molecule has 0 aromatic heterocycles. The summed E-state index contributed by atoms with van der Waals surface area (Å²) in [5.74, 6) is 0.752. The maximum atomic E-state index is 3.66. The average molecular weight is 376 g/mol. The fourth-order valence-electron chi connectivity index (χ4n) is 2.15. The van der Waals surface area contributed by atoms with Gasteiger partial charge in [0, 0.05) is 9.80 Å². The predicted octanol–water partition coefficient (Wildman–Crippen LogP) is 6.22. The van der Waals surface area contributed by atoms with E-state index in [1.165, 1.54) is 35.7 Å². The molecule has 0 spiro atoms. The molecule has 1 aromatic carbocycles. The zero-order chi connectivity index (χ0) is 13.6. The molecule has 0 nitrogen and oxygen atoms in total. The van der Waals surface area contributed by atoms with E-state index in [4.69, 9.17) is 0 Å². The van der Waals surface area contributed by atoms with Gasteiger partial charge in [-0.2, -0.15) is 0 Å². The number of alkyl halides is 1. The Morgan fingerprint density at radius 3 is 2.50 bits per heavy atom. The lowest BCUT2D eigenvalue weighted by molar-refractivity contribution is 0.344. The number of benzene rings is 1. The monoisotopic (exact) mass is 374 g/mol. The minimum Gasteiger partial charge on any atom is -0.0925 e. The van der Waals surface area contributed by atoms with Crippen molar-refractivity contribution in [2.75, 3.05) is 5.33 Å². The Kier molecular flexibility index (Phi) is 6.94. The van der Waals surface area contributed by atoms with Crippen LogP contribution in [0, 0.1) is 11.3 Å². The van der Waals surface area contributed by atoms with E-state index in [0.717, 1.165) is 11.2 Å². The summed E-state index contributed by atoms with van der Waals surface area (Å²) < 4.78 is 1.18. The largest absolute Gasteiger partial charge is 0.0925 e. The molecule has 18 heavy (non-hydrogen) atoms. The van der Waals surface area contributed by atoms with Crippen molar-refractivity contribution in [3.8, 4) is 0 Å². The molecule has 0 aliphatic heterocycles. The summed E-state index contributed by atoms with van der Waals surface area (Å²) in [7, 11) is 0. The first-order valence-electron chi connectivity index (χ1n) is 6.71. The Morgan fingerprint density at radius 2 is 1.94 bits per heavy atom. The van der Waals surface area contributed by atoms with Gasteiger partial charge in [-0.25, -0.2) is 0 Å². The summed E-state index contributed by atoms with van der Waals surface area (Å²) in [5.41, 5.74) is 1.90. The molecule has 1 rings (SSSR count). The number of rotatable bonds is 6. The van der Waals surface area contributed by atoms with Crippen LogP contribution in [0.2, 0.25) is 0 Å². The molecule has 0 saturated carbocycles. The number of hydrogen-bond acceptors (Lipinski definition) is 0. The highest BCUT2D eigenvalue weighted by molar-refractivity contribution is 9.10. The van der Waals surface area contributed by atoms with Crippen molar-refractivity contribution in [1.29, 1.82) is 0 Å². The van der Waals surface area contributed by atoms with Gasteiger partial charge in [0.2, 0.25) is 0 Å².